The fourth-order valence-corrected chi connectivity index (χ4v) is 3.03. The third-order valence-corrected chi connectivity index (χ3v) is 4.03. The highest BCUT2D eigenvalue weighted by Gasteiger charge is 2.26. The Morgan fingerprint density at radius 1 is 1.28 bits per heavy atom. The summed E-state index contributed by atoms with van der Waals surface area (Å²) in [4.78, 5) is 2.71. The minimum atomic E-state index is 0.546. The van der Waals surface area contributed by atoms with Crippen molar-refractivity contribution in [1.29, 1.82) is 0 Å². The van der Waals surface area contributed by atoms with E-state index in [0.717, 1.165) is 25.7 Å². The largest absolute Gasteiger partial charge is 0.383 e. The average Bonchev–Trinajstić information content (AvgIpc) is 2.63. The van der Waals surface area contributed by atoms with E-state index in [0.29, 0.717) is 6.04 Å². The Bertz CT molecular complexity index is 199. The van der Waals surface area contributed by atoms with E-state index >= 15 is 0 Å². The number of likely N-dealkylation sites (tertiary alicyclic amines) is 1. The van der Waals surface area contributed by atoms with Crippen LogP contribution in [0.25, 0.3) is 0 Å². The Balaban J connectivity index is 2.55. The summed E-state index contributed by atoms with van der Waals surface area (Å²) in [5.74, 6) is 0. The summed E-state index contributed by atoms with van der Waals surface area (Å²) in [5, 5.41) is 3.56. The van der Waals surface area contributed by atoms with E-state index in [2.05, 4.69) is 24.1 Å². The van der Waals surface area contributed by atoms with Crippen LogP contribution in [0.2, 0.25) is 0 Å². The van der Waals surface area contributed by atoms with E-state index in [1.807, 2.05) is 7.11 Å². The summed E-state index contributed by atoms with van der Waals surface area (Å²) in [5.41, 5.74) is 0. The van der Waals surface area contributed by atoms with Gasteiger partial charge in [-0.1, -0.05) is 26.7 Å². The van der Waals surface area contributed by atoms with E-state index in [-0.39, 0.29) is 0 Å². The Morgan fingerprint density at radius 2 is 2.11 bits per heavy atom. The lowest BCUT2D eigenvalue weighted by Gasteiger charge is -2.36. The van der Waals surface area contributed by atoms with Gasteiger partial charge >= 0.3 is 0 Å². The van der Waals surface area contributed by atoms with Crippen LogP contribution in [0.3, 0.4) is 0 Å². The van der Waals surface area contributed by atoms with Gasteiger partial charge in [0.15, 0.2) is 0 Å². The van der Waals surface area contributed by atoms with Crippen molar-refractivity contribution in [3.05, 3.63) is 0 Å². The molecule has 1 rings (SSSR count). The van der Waals surface area contributed by atoms with Gasteiger partial charge in [0.2, 0.25) is 0 Å². The molecule has 1 saturated heterocycles. The van der Waals surface area contributed by atoms with E-state index in [9.17, 15) is 0 Å². The first kappa shape index (κ1) is 15.9. The van der Waals surface area contributed by atoms with Crippen molar-refractivity contribution in [3.8, 4) is 0 Å². The Morgan fingerprint density at radius 3 is 2.78 bits per heavy atom. The van der Waals surface area contributed by atoms with Gasteiger partial charge in [-0.05, 0) is 38.8 Å². The Hall–Kier alpha value is -0.120. The molecule has 108 valence electrons. The van der Waals surface area contributed by atoms with Crippen LogP contribution in [-0.4, -0.2) is 50.3 Å². The summed E-state index contributed by atoms with van der Waals surface area (Å²) in [6.45, 7) is 8.84. The number of ether oxygens (including phenoxy) is 1. The first-order valence-electron chi connectivity index (χ1n) is 7.78. The molecular weight excluding hydrogens is 224 g/mol. The van der Waals surface area contributed by atoms with Crippen LogP contribution in [0, 0.1) is 0 Å². The molecule has 0 aromatic carbocycles. The van der Waals surface area contributed by atoms with Crippen LogP contribution >= 0.6 is 0 Å². The molecule has 2 unspecified atom stereocenters. The van der Waals surface area contributed by atoms with Crippen LogP contribution in [0.1, 0.15) is 52.4 Å². The van der Waals surface area contributed by atoms with Crippen molar-refractivity contribution in [3.63, 3.8) is 0 Å². The quantitative estimate of drug-likeness (QED) is 0.676. The molecule has 3 nitrogen and oxygen atoms in total. The monoisotopic (exact) mass is 256 g/mol. The van der Waals surface area contributed by atoms with Crippen LogP contribution in [0.15, 0.2) is 0 Å². The molecule has 0 aromatic heterocycles. The molecule has 3 heteroatoms. The summed E-state index contributed by atoms with van der Waals surface area (Å²) in [6, 6.07) is 1.31. The van der Waals surface area contributed by atoms with Crippen LogP contribution in [0.5, 0.6) is 0 Å². The summed E-state index contributed by atoms with van der Waals surface area (Å²) < 4.78 is 5.44. The first-order chi connectivity index (χ1) is 8.83. The van der Waals surface area contributed by atoms with Gasteiger partial charge in [0, 0.05) is 25.7 Å². The van der Waals surface area contributed by atoms with Crippen molar-refractivity contribution < 1.29 is 4.74 Å². The lowest BCUT2D eigenvalue weighted by Crippen LogP contribution is -2.50. The molecule has 1 fully saturated rings. The fraction of sp³-hybridized carbons (Fsp3) is 1.00. The van der Waals surface area contributed by atoms with Gasteiger partial charge in [0.05, 0.1) is 6.61 Å². The average molecular weight is 256 g/mol. The second-order valence-electron chi connectivity index (χ2n) is 5.46. The number of hydrogen-bond acceptors (Lipinski definition) is 3. The molecule has 0 aliphatic carbocycles. The normalized spacial score (nSPS) is 23.8. The Kier molecular flexibility index (Phi) is 8.64. The van der Waals surface area contributed by atoms with Crippen molar-refractivity contribution in [2.75, 3.05) is 33.4 Å². The number of methoxy groups -OCH3 is 1. The lowest BCUT2D eigenvalue weighted by atomic mass is 10.1. The van der Waals surface area contributed by atoms with Crippen molar-refractivity contribution in [1.82, 2.24) is 10.2 Å². The molecule has 0 saturated carbocycles. The molecule has 1 heterocycles. The van der Waals surface area contributed by atoms with Gasteiger partial charge in [0.25, 0.3) is 0 Å². The van der Waals surface area contributed by atoms with Crippen LogP contribution in [0.4, 0.5) is 0 Å². The number of nitrogens with one attached hydrogen (secondary N) is 1. The smallest absolute Gasteiger partial charge is 0.0630 e. The molecular formula is C15H32N2O. The molecule has 18 heavy (non-hydrogen) atoms. The van der Waals surface area contributed by atoms with Crippen LogP contribution < -0.4 is 5.32 Å². The fourth-order valence-electron chi connectivity index (χ4n) is 3.03. The van der Waals surface area contributed by atoms with Gasteiger partial charge < -0.3 is 10.1 Å². The van der Waals surface area contributed by atoms with Gasteiger partial charge in [-0.3, -0.25) is 4.90 Å². The standard InChI is InChI=1S/C15H32N2O/c1-4-10-16-12-15(13-18-3)17-11-8-6-7-9-14(17)5-2/h14-16H,4-13H2,1-3H3. The van der Waals surface area contributed by atoms with E-state index < -0.39 is 0 Å². The maximum atomic E-state index is 5.44. The molecule has 0 amide bonds. The first-order valence-corrected chi connectivity index (χ1v) is 7.78. The van der Waals surface area contributed by atoms with Crippen LogP contribution in [-0.2, 0) is 4.74 Å². The predicted octanol–water partition coefficient (Wildman–Crippen LogP) is 2.66. The summed E-state index contributed by atoms with van der Waals surface area (Å²) >= 11 is 0. The number of hydrogen-bond donors (Lipinski definition) is 1. The molecule has 1 N–H and O–H groups in total. The molecule has 2 atom stereocenters. The zero-order valence-corrected chi connectivity index (χ0v) is 12.6. The molecule has 1 aliphatic rings. The van der Waals surface area contributed by atoms with Crippen molar-refractivity contribution in [2.45, 2.75) is 64.5 Å². The summed E-state index contributed by atoms with van der Waals surface area (Å²) in [6.07, 6.45) is 7.99. The zero-order valence-electron chi connectivity index (χ0n) is 12.6. The minimum absolute atomic E-state index is 0.546. The highest BCUT2D eigenvalue weighted by atomic mass is 16.5. The predicted molar refractivity (Wildman–Crippen MR) is 78.1 cm³/mol. The van der Waals surface area contributed by atoms with Crippen molar-refractivity contribution in [2.24, 2.45) is 0 Å². The van der Waals surface area contributed by atoms with Crippen molar-refractivity contribution >= 4 is 0 Å². The highest BCUT2D eigenvalue weighted by molar-refractivity contribution is 4.82. The number of rotatable bonds is 8. The molecule has 0 bridgehead atoms. The maximum Gasteiger partial charge on any atom is 0.0630 e. The second kappa shape index (κ2) is 9.76. The SMILES string of the molecule is CCCNCC(COC)N1CCCCCC1CC. The second-order valence-corrected chi connectivity index (χ2v) is 5.46. The van der Waals surface area contributed by atoms with Gasteiger partial charge in [-0.25, -0.2) is 0 Å². The third-order valence-electron chi connectivity index (χ3n) is 4.03. The maximum absolute atomic E-state index is 5.44. The topological polar surface area (TPSA) is 24.5 Å². The van der Waals surface area contributed by atoms with Gasteiger partial charge in [-0.2, -0.15) is 0 Å². The minimum Gasteiger partial charge on any atom is -0.383 e. The van der Waals surface area contributed by atoms with Gasteiger partial charge in [-0.15, -0.1) is 0 Å². The number of nitrogens with zero attached hydrogens (tertiary/aromatic N) is 1. The molecule has 0 spiro atoms. The van der Waals surface area contributed by atoms with Gasteiger partial charge in [0.1, 0.15) is 0 Å². The third kappa shape index (κ3) is 5.25. The molecule has 1 aliphatic heterocycles. The van der Waals surface area contributed by atoms with E-state index in [1.54, 1.807) is 0 Å². The van der Waals surface area contributed by atoms with E-state index in [4.69, 9.17) is 4.74 Å². The van der Waals surface area contributed by atoms with E-state index in [1.165, 1.54) is 45.1 Å². The highest BCUT2D eigenvalue weighted by Crippen LogP contribution is 2.21. The molecule has 0 radical (unpaired) electrons. The summed E-state index contributed by atoms with van der Waals surface area (Å²) in [7, 11) is 1.82. The lowest BCUT2D eigenvalue weighted by molar-refractivity contribution is 0.0600. The zero-order chi connectivity index (χ0) is 13.2. The molecule has 0 aromatic rings. The Labute approximate surface area is 113 Å².